The predicted octanol–water partition coefficient (Wildman–Crippen LogP) is 3.47. The van der Waals surface area contributed by atoms with Gasteiger partial charge >= 0.3 is 0 Å². The Labute approximate surface area is 209 Å². The van der Waals surface area contributed by atoms with Crippen molar-refractivity contribution in [1.29, 1.82) is 0 Å². The summed E-state index contributed by atoms with van der Waals surface area (Å²) < 4.78 is 11.0. The molecule has 0 bridgehead atoms. The van der Waals surface area contributed by atoms with E-state index in [1.54, 1.807) is 37.4 Å². The van der Waals surface area contributed by atoms with Gasteiger partial charge in [0.25, 0.3) is 5.91 Å². The van der Waals surface area contributed by atoms with Gasteiger partial charge in [0.05, 0.1) is 17.7 Å². The fraction of sp³-hybridized carbons (Fsp3) is 0.280. The number of hydrogen-bond acceptors (Lipinski definition) is 7. The van der Waals surface area contributed by atoms with E-state index in [-0.39, 0.29) is 11.5 Å². The average Bonchev–Trinajstić information content (AvgIpc) is 2.89. The van der Waals surface area contributed by atoms with Crippen LogP contribution in [0.15, 0.2) is 61.2 Å². The fourth-order valence-electron chi connectivity index (χ4n) is 3.23. The number of nitrogens with one attached hydrogen (secondary N) is 2. The number of carbonyl (C=O) groups is 2. The van der Waals surface area contributed by atoms with E-state index in [9.17, 15) is 9.59 Å². The minimum atomic E-state index is -0.700. The number of ether oxygens (including phenoxy) is 2. The first-order valence-electron chi connectivity index (χ1n) is 11.1. The third-order valence-corrected chi connectivity index (χ3v) is 5.44. The van der Waals surface area contributed by atoms with E-state index < -0.39 is 11.9 Å². The molecule has 0 aliphatic heterocycles. The van der Waals surface area contributed by atoms with Crippen molar-refractivity contribution in [2.75, 3.05) is 13.7 Å². The molecule has 0 fully saturated rings. The van der Waals surface area contributed by atoms with Gasteiger partial charge in [0.2, 0.25) is 5.91 Å². The van der Waals surface area contributed by atoms with Gasteiger partial charge in [0.1, 0.15) is 29.6 Å². The van der Waals surface area contributed by atoms with Gasteiger partial charge in [-0.1, -0.05) is 23.7 Å². The normalized spacial score (nSPS) is 11.4. The van der Waals surface area contributed by atoms with Crippen LogP contribution in [-0.2, 0) is 11.3 Å². The van der Waals surface area contributed by atoms with Gasteiger partial charge in [-0.3, -0.25) is 9.59 Å². The molecule has 1 atom stereocenters. The van der Waals surface area contributed by atoms with E-state index in [0.29, 0.717) is 48.2 Å². The second-order valence-electron chi connectivity index (χ2n) is 7.70. The van der Waals surface area contributed by atoms with Crippen LogP contribution in [-0.4, -0.2) is 41.5 Å². The standard InChI is InChI=1S/C25H28ClN5O4/c1-34-20-9-10-23(21(26)12-20)35-19-7-5-17(6-8-19)13-30-25(33)22(4-2-3-11-27)31-24(32)18-14-28-16-29-15-18/h5-10,12,14-16,22H,2-4,11,13,27H2,1H3,(H,30,33)(H,31,32). The van der Waals surface area contributed by atoms with Gasteiger partial charge in [-0.05, 0) is 55.6 Å². The summed E-state index contributed by atoms with van der Waals surface area (Å²) in [6, 6.07) is 11.7. The summed E-state index contributed by atoms with van der Waals surface area (Å²) in [4.78, 5) is 33.0. The molecule has 1 unspecified atom stereocenters. The molecular weight excluding hydrogens is 470 g/mol. The Morgan fingerprint density at radius 2 is 1.77 bits per heavy atom. The maximum atomic E-state index is 12.8. The minimum absolute atomic E-state index is 0.280. The highest BCUT2D eigenvalue weighted by atomic mass is 35.5. The van der Waals surface area contributed by atoms with Crippen LogP contribution in [0.3, 0.4) is 0 Å². The minimum Gasteiger partial charge on any atom is -0.497 e. The Bertz CT molecular complexity index is 1110. The molecule has 4 N–H and O–H groups in total. The van der Waals surface area contributed by atoms with E-state index in [1.807, 2.05) is 12.1 Å². The highest BCUT2D eigenvalue weighted by Crippen LogP contribution is 2.32. The van der Waals surface area contributed by atoms with Gasteiger partial charge in [0, 0.05) is 25.0 Å². The number of unbranched alkanes of at least 4 members (excludes halogenated alkanes) is 1. The van der Waals surface area contributed by atoms with Crippen LogP contribution in [0, 0.1) is 0 Å². The summed E-state index contributed by atoms with van der Waals surface area (Å²) in [6.07, 6.45) is 6.08. The monoisotopic (exact) mass is 497 g/mol. The number of benzene rings is 2. The summed E-state index contributed by atoms with van der Waals surface area (Å²) in [5.41, 5.74) is 6.73. The number of amides is 2. The van der Waals surface area contributed by atoms with Crippen molar-refractivity contribution >= 4 is 23.4 Å². The molecule has 3 aromatic rings. The van der Waals surface area contributed by atoms with Crippen LogP contribution < -0.4 is 25.8 Å². The summed E-state index contributed by atoms with van der Waals surface area (Å²) in [5.74, 6) is 1.07. The molecule has 0 saturated carbocycles. The van der Waals surface area contributed by atoms with E-state index >= 15 is 0 Å². The summed E-state index contributed by atoms with van der Waals surface area (Å²) in [6.45, 7) is 0.811. The number of nitrogens with zero attached hydrogens (tertiary/aromatic N) is 2. The zero-order valence-corrected chi connectivity index (χ0v) is 20.1. The molecule has 0 aliphatic rings. The van der Waals surface area contributed by atoms with Crippen LogP contribution in [0.2, 0.25) is 5.02 Å². The third-order valence-electron chi connectivity index (χ3n) is 5.15. The quantitative estimate of drug-likeness (QED) is 0.327. The highest BCUT2D eigenvalue weighted by Gasteiger charge is 2.21. The Kier molecular flexibility index (Phi) is 9.82. The lowest BCUT2D eigenvalue weighted by atomic mass is 10.1. The first kappa shape index (κ1) is 25.9. The van der Waals surface area contributed by atoms with Crippen molar-refractivity contribution in [3.05, 3.63) is 77.3 Å². The van der Waals surface area contributed by atoms with E-state index in [0.717, 1.165) is 12.0 Å². The van der Waals surface area contributed by atoms with Gasteiger partial charge in [0.15, 0.2) is 0 Å². The molecule has 0 saturated heterocycles. The lowest BCUT2D eigenvalue weighted by Gasteiger charge is -2.18. The molecule has 0 aliphatic carbocycles. The van der Waals surface area contributed by atoms with Crippen LogP contribution >= 0.6 is 11.6 Å². The van der Waals surface area contributed by atoms with Crippen LogP contribution in [0.25, 0.3) is 0 Å². The van der Waals surface area contributed by atoms with Crippen molar-refractivity contribution in [3.63, 3.8) is 0 Å². The topological polar surface area (TPSA) is 128 Å². The zero-order chi connectivity index (χ0) is 25.0. The van der Waals surface area contributed by atoms with E-state index in [1.165, 1.54) is 18.7 Å². The molecule has 10 heteroatoms. The van der Waals surface area contributed by atoms with Gasteiger partial charge < -0.3 is 25.8 Å². The van der Waals surface area contributed by atoms with Crippen LogP contribution in [0.5, 0.6) is 17.2 Å². The maximum Gasteiger partial charge on any atom is 0.255 e. The number of rotatable bonds is 12. The molecule has 0 radical (unpaired) electrons. The number of methoxy groups -OCH3 is 1. The Balaban J connectivity index is 1.57. The largest absolute Gasteiger partial charge is 0.497 e. The third kappa shape index (κ3) is 7.94. The number of halogens is 1. The van der Waals surface area contributed by atoms with Crippen molar-refractivity contribution < 1.29 is 19.1 Å². The van der Waals surface area contributed by atoms with E-state index in [4.69, 9.17) is 26.8 Å². The zero-order valence-electron chi connectivity index (χ0n) is 19.4. The summed E-state index contributed by atoms with van der Waals surface area (Å²) in [5, 5.41) is 6.08. The Morgan fingerprint density at radius 3 is 2.43 bits per heavy atom. The number of nitrogens with two attached hydrogens (primary N) is 1. The smallest absolute Gasteiger partial charge is 0.255 e. The van der Waals surface area contributed by atoms with Crippen molar-refractivity contribution in [1.82, 2.24) is 20.6 Å². The molecule has 3 rings (SSSR count). The average molecular weight is 498 g/mol. The second kappa shape index (κ2) is 13.3. The molecule has 2 aromatic carbocycles. The van der Waals surface area contributed by atoms with E-state index in [2.05, 4.69) is 20.6 Å². The first-order valence-corrected chi connectivity index (χ1v) is 11.5. The molecule has 35 heavy (non-hydrogen) atoms. The molecule has 184 valence electrons. The predicted molar refractivity (Wildman–Crippen MR) is 133 cm³/mol. The Morgan fingerprint density at radius 1 is 1.06 bits per heavy atom. The van der Waals surface area contributed by atoms with Crippen molar-refractivity contribution in [2.45, 2.75) is 31.8 Å². The second-order valence-corrected chi connectivity index (χ2v) is 8.11. The van der Waals surface area contributed by atoms with Crippen LogP contribution in [0.4, 0.5) is 0 Å². The summed E-state index contributed by atoms with van der Waals surface area (Å²) >= 11 is 6.23. The molecule has 1 aromatic heterocycles. The molecule has 1 heterocycles. The lowest BCUT2D eigenvalue weighted by Crippen LogP contribution is -2.46. The molecule has 0 spiro atoms. The fourth-order valence-corrected chi connectivity index (χ4v) is 3.43. The van der Waals surface area contributed by atoms with Crippen molar-refractivity contribution in [2.24, 2.45) is 5.73 Å². The molecule has 2 amide bonds. The van der Waals surface area contributed by atoms with Gasteiger partial charge in [-0.15, -0.1) is 0 Å². The number of hydrogen-bond donors (Lipinski definition) is 3. The van der Waals surface area contributed by atoms with Gasteiger partial charge in [-0.2, -0.15) is 0 Å². The molecular formula is C25H28ClN5O4. The Hall–Kier alpha value is -3.69. The summed E-state index contributed by atoms with van der Waals surface area (Å²) in [7, 11) is 1.57. The SMILES string of the molecule is COc1ccc(Oc2ccc(CNC(=O)C(CCCCN)NC(=O)c3cncnc3)cc2)c(Cl)c1. The van der Waals surface area contributed by atoms with Crippen molar-refractivity contribution in [3.8, 4) is 17.2 Å². The van der Waals surface area contributed by atoms with Crippen LogP contribution in [0.1, 0.15) is 35.2 Å². The number of aromatic nitrogens is 2. The molecule has 9 nitrogen and oxygen atoms in total. The highest BCUT2D eigenvalue weighted by molar-refractivity contribution is 6.32. The lowest BCUT2D eigenvalue weighted by molar-refractivity contribution is -0.123. The maximum absolute atomic E-state index is 12.8. The van der Waals surface area contributed by atoms with Gasteiger partial charge in [-0.25, -0.2) is 9.97 Å². The first-order chi connectivity index (χ1) is 17.0. The number of carbonyl (C=O) groups excluding carboxylic acids is 2.